The van der Waals surface area contributed by atoms with E-state index in [4.69, 9.17) is 0 Å². The number of piperidine rings is 1. The Kier molecular flexibility index (Phi) is 6.76. The summed E-state index contributed by atoms with van der Waals surface area (Å²) in [6.45, 7) is 10.9. The van der Waals surface area contributed by atoms with Crippen molar-refractivity contribution in [2.45, 2.75) is 64.8 Å². The van der Waals surface area contributed by atoms with Crippen LogP contribution in [0.25, 0.3) is 0 Å². The van der Waals surface area contributed by atoms with Gasteiger partial charge in [0.05, 0.1) is 0 Å². The van der Waals surface area contributed by atoms with E-state index < -0.39 is 0 Å². The van der Waals surface area contributed by atoms with Crippen LogP contribution in [0.4, 0.5) is 0 Å². The summed E-state index contributed by atoms with van der Waals surface area (Å²) in [4.78, 5) is 13.2. The Bertz CT molecular complexity index is 502. The third-order valence-corrected chi connectivity index (χ3v) is 5.73. The van der Waals surface area contributed by atoms with Crippen LogP contribution in [0.3, 0.4) is 0 Å². The molecule has 0 aliphatic carbocycles. The third-order valence-electron chi connectivity index (χ3n) is 5.73. The molecule has 3 heteroatoms. The molecule has 0 saturated carbocycles. The molecule has 1 saturated heterocycles. The van der Waals surface area contributed by atoms with Gasteiger partial charge in [0.25, 0.3) is 0 Å². The first-order valence-corrected chi connectivity index (χ1v) is 9.21. The number of benzene rings is 1. The minimum absolute atomic E-state index is 0.207. The predicted octanol–water partition coefficient (Wildman–Crippen LogP) is 5.13. The summed E-state index contributed by atoms with van der Waals surface area (Å²) >= 11 is 0. The van der Waals surface area contributed by atoms with Gasteiger partial charge in [-0.05, 0) is 48.4 Å². The van der Waals surface area contributed by atoms with Crippen molar-refractivity contribution in [2.24, 2.45) is 11.1 Å². The second kappa shape index (κ2) is 8.58. The Labute approximate surface area is 141 Å². The fourth-order valence-electron chi connectivity index (χ4n) is 3.81. The van der Waals surface area contributed by atoms with Crippen LogP contribution in [0.1, 0.15) is 64.0 Å². The van der Waals surface area contributed by atoms with Crippen LogP contribution < -0.4 is 0 Å². The number of likely N-dealkylation sites (tertiary alicyclic amines) is 1. The first-order chi connectivity index (χ1) is 11.1. The Morgan fingerprint density at radius 2 is 2.13 bits per heavy atom. The van der Waals surface area contributed by atoms with Crippen LogP contribution in [0.5, 0.6) is 0 Å². The molecule has 0 N–H and O–H groups in total. The molecule has 2 rings (SSSR count). The lowest BCUT2D eigenvalue weighted by atomic mass is 9.68. The van der Waals surface area contributed by atoms with Crippen molar-refractivity contribution < 1.29 is 0 Å². The number of nitroso groups, excluding NO2 is 1. The summed E-state index contributed by atoms with van der Waals surface area (Å²) in [7, 11) is 0. The molecule has 2 atom stereocenters. The van der Waals surface area contributed by atoms with Gasteiger partial charge in [-0.15, -0.1) is 0 Å². The van der Waals surface area contributed by atoms with Crippen LogP contribution in [-0.4, -0.2) is 24.5 Å². The molecule has 0 radical (unpaired) electrons. The van der Waals surface area contributed by atoms with Gasteiger partial charge in [0.15, 0.2) is 0 Å². The molecule has 1 aromatic rings. The maximum Gasteiger partial charge on any atom is 0.106 e. The number of nitrogens with zero attached hydrogens (tertiary/aromatic N) is 2. The summed E-state index contributed by atoms with van der Waals surface area (Å²) in [6.07, 6.45) is 6.55. The summed E-state index contributed by atoms with van der Waals surface area (Å²) in [6, 6.07) is 8.49. The van der Waals surface area contributed by atoms with Gasteiger partial charge >= 0.3 is 0 Å². The Morgan fingerprint density at radius 3 is 2.83 bits per heavy atom. The molecular weight excluding hydrogens is 284 g/mol. The first kappa shape index (κ1) is 18.1. The zero-order valence-electron chi connectivity index (χ0n) is 15.1. The SMILES string of the molecule is CCCCCCN1CCC(C)(c2cccc(CN=O)c2)C(C)C1. The number of unbranched alkanes of at least 4 members (excludes halogenated alkanes) is 3. The van der Waals surface area contributed by atoms with Crippen LogP contribution in [0, 0.1) is 10.8 Å². The topological polar surface area (TPSA) is 32.7 Å². The Morgan fingerprint density at radius 1 is 1.30 bits per heavy atom. The maximum absolute atomic E-state index is 10.5. The lowest BCUT2D eigenvalue weighted by Gasteiger charge is -2.45. The highest BCUT2D eigenvalue weighted by molar-refractivity contribution is 5.31. The van der Waals surface area contributed by atoms with E-state index >= 15 is 0 Å². The van der Waals surface area contributed by atoms with E-state index in [1.54, 1.807) is 0 Å². The third kappa shape index (κ3) is 4.63. The van der Waals surface area contributed by atoms with Crippen LogP contribution >= 0.6 is 0 Å². The van der Waals surface area contributed by atoms with Gasteiger partial charge in [-0.1, -0.05) is 69.5 Å². The van der Waals surface area contributed by atoms with Gasteiger partial charge in [0, 0.05) is 6.54 Å². The van der Waals surface area contributed by atoms with Crippen LogP contribution in [0.15, 0.2) is 29.4 Å². The van der Waals surface area contributed by atoms with E-state index in [0.29, 0.717) is 5.92 Å². The molecule has 0 spiro atoms. The quantitative estimate of drug-likeness (QED) is 0.492. The van der Waals surface area contributed by atoms with Crippen molar-refractivity contribution in [3.8, 4) is 0 Å². The number of rotatable bonds is 8. The van der Waals surface area contributed by atoms with Crippen molar-refractivity contribution in [1.82, 2.24) is 4.90 Å². The fraction of sp³-hybridized carbons (Fsp3) is 0.700. The van der Waals surface area contributed by atoms with Gasteiger partial charge in [-0.25, -0.2) is 0 Å². The maximum atomic E-state index is 10.5. The van der Waals surface area contributed by atoms with E-state index in [1.165, 1.54) is 57.3 Å². The summed E-state index contributed by atoms with van der Waals surface area (Å²) in [5.41, 5.74) is 2.61. The van der Waals surface area contributed by atoms with Crippen molar-refractivity contribution in [3.63, 3.8) is 0 Å². The molecule has 0 aromatic heterocycles. The fourth-order valence-corrected chi connectivity index (χ4v) is 3.81. The molecule has 2 unspecified atom stereocenters. The van der Waals surface area contributed by atoms with Crippen molar-refractivity contribution in [3.05, 3.63) is 40.3 Å². The zero-order valence-corrected chi connectivity index (χ0v) is 15.1. The van der Waals surface area contributed by atoms with E-state index in [0.717, 1.165) is 5.56 Å². The van der Waals surface area contributed by atoms with Crippen LogP contribution in [0.2, 0.25) is 0 Å². The van der Waals surface area contributed by atoms with Gasteiger partial charge in [-0.3, -0.25) is 0 Å². The molecule has 0 bridgehead atoms. The molecule has 23 heavy (non-hydrogen) atoms. The number of hydrogen-bond donors (Lipinski definition) is 0. The highest BCUT2D eigenvalue weighted by Gasteiger charge is 2.37. The molecule has 3 nitrogen and oxygen atoms in total. The largest absolute Gasteiger partial charge is 0.303 e. The summed E-state index contributed by atoms with van der Waals surface area (Å²) in [5, 5.41) is 3.04. The van der Waals surface area contributed by atoms with Crippen molar-refractivity contribution in [1.29, 1.82) is 0 Å². The summed E-state index contributed by atoms with van der Waals surface area (Å²) < 4.78 is 0. The normalized spacial score (nSPS) is 25.4. The monoisotopic (exact) mass is 316 g/mol. The highest BCUT2D eigenvalue weighted by atomic mass is 16.3. The highest BCUT2D eigenvalue weighted by Crippen LogP contribution is 2.39. The molecule has 128 valence electrons. The predicted molar refractivity (Wildman–Crippen MR) is 97.7 cm³/mol. The van der Waals surface area contributed by atoms with Gasteiger partial charge in [-0.2, -0.15) is 4.91 Å². The molecule has 1 aromatic carbocycles. The molecular formula is C20H32N2O. The average molecular weight is 316 g/mol. The Hall–Kier alpha value is -1.22. The van der Waals surface area contributed by atoms with E-state index in [9.17, 15) is 4.91 Å². The molecule has 1 aliphatic rings. The standard InChI is InChI=1S/C20H32N2O/c1-4-5-6-7-12-22-13-11-20(3,17(2)16-22)19-10-8-9-18(14-19)15-21-23/h8-10,14,17H,4-7,11-13,15-16H2,1-3H3. The zero-order chi connectivity index (χ0) is 16.7. The van der Waals surface area contributed by atoms with Gasteiger partial charge in [0.2, 0.25) is 0 Å². The molecule has 0 amide bonds. The second-order valence-electron chi connectivity index (χ2n) is 7.42. The molecule has 1 fully saturated rings. The minimum Gasteiger partial charge on any atom is -0.303 e. The molecule has 1 aliphatic heterocycles. The average Bonchev–Trinajstić information content (AvgIpc) is 2.55. The van der Waals surface area contributed by atoms with Crippen LogP contribution in [-0.2, 0) is 12.0 Å². The van der Waals surface area contributed by atoms with Crippen molar-refractivity contribution in [2.75, 3.05) is 19.6 Å². The number of hydrogen-bond acceptors (Lipinski definition) is 3. The molecule has 1 heterocycles. The van der Waals surface area contributed by atoms with E-state index in [2.05, 4.69) is 49.0 Å². The smallest absolute Gasteiger partial charge is 0.106 e. The first-order valence-electron chi connectivity index (χ1n) is 9.21. The van der Waals surface area contributed by atoms with Crippen molar-refractivity contribution >= 4 is 0 Å². The summed E-state index contributed by atoms with van der Waals surface area (Å²) in [5.74, 6) is 0.627. The minimum atomic E-state index is 0.207. The van der Waals surface area contributed by atoms with E-state index in [1.807, 2.05) is 6.07 Å². The van der Waals surface area contributed by atoms with Gasteiger partial charge < -0.3 is 4.90 Å². The Balaban J connectivity index is 1.98. The lowest BCUT2D eigenvalue weighted by Crippen LogP contribution is -2.47. The van der Waals surface area contributed by atoms with E-state index in [-0.39, 0.29) is 12.0 Å². The second-order valence-corrected chi connectivity index (χ2v) is 7.42. The lowest BCUT2D eigenvalue weighted by molar-refractivity contribution is 0.109. The van der Waals surface area contributed by atoms with Gasteiger partial charge in [0.1, 0.15) is 6.54 Å².